The summed E-state index contributed by atoms with van der Waals surface area (Å²) >= 11 is 0. The van der Waals surface area contributed by atoms with Crippen LogP contribution in [0.15, 0.2) is 30.3 Å². The van der Waals surface area contributed by atoms with Gasteiger partial charge < -0.3 is 145 Å². The molecular weight excluding hydrogens is 1900 g/mol. The van der Waals surface area contributed by atoms with Gasteiger partial charge in [0.2, 0.25) is 106 Å². The molecule has 6 bridgehead atoms. The van der Waals surface area contributed by atoms with Gasteiger partial charge in [-0.05, 0) is 100 Å². The number of amides is 18. The standard InChI is InChI=1S/C82H136N30O19S6/c1-10-42(8)61-77(130)109-57-38-137-133-34-53(106-69(122)51(30-44-18-12-11-13-19-44)97-58(114)31-95-64(117)46(21-15-25-92-80(85)86)101-78(131)62(43(9)113)112-75(57)128)71(124)100-48(23-17-27-94-82(89)90)66(119)104-54-35-134-136-37-56(74(127)111-61)107-68(121)50(29-40(4)5)103-73(126)55-36-135-132-33-52(105-67(120)49(28-39(2)3)102-72(54)125)70(123)99-47(22-16-26-93-81(87)88)65(118)98-45(20-14-24-91-79(83)84)63(116)96-32-59(115)110-60(41(6)7)76(129)108-55/h11-13,18-19,39-43,45-57,60-62,113H,10,14-17,20-38H2,1-9H3,(H,95,117)(H,96,116)(H,97,114)(H,98,118)(H,99,123)(H,100,124)(H,101,131)(H,102,125)(H,103,126)(H,104,119)(H,105,120)(H,106,122)(H,107,121)(H,108,129)(H,109,130)(H,110,115)(H,111,127)(H,112,128)(H4,83,84,91)(H4,85,86,92)(H4,87,88,93)(H4,89,90,94)/t42-,43+,45-,46-,47-,48-,49-,50-,51-,52-,53-,54-,55-,56-,57-,60-,61-,62-/m0/s1. The number of nitrogens with one attached hydrogen (secondary N) is 26. The van der Waals surface area contributed by atoms with Crippen LogP contribution in [0.3, 0.4) is 0 Å². The average molecular weight is 2040 g/mol. The Balaban J connectivity index is 1.84. The number of aliphatic hydroxyl groups excluding tert-OH is 1. The van der Waals surface area contributed by atoms with Crippen molar-refractivity contribution in [2.75, 3.05) is 73.8 Å². The Bertz CT molecular complexity index is 4360. The first-order valence-corrected chi connectivity index (χ1v) is 52.5. The highest BCUT2D eigenvalue weighted by molar-refractivity contribution is 8.77. The lowest BCUT2D eigenvalue weighted by molar-refractivity contribution is -0.137. The molecule has 49 nitrogen and oxygen atoms in total. The number of benzene rings is 1. The van der Waals surface area contributed by atoms with Gasteiger partial charge in [0.15, 0.2) is 23.8 Å². The summed E-state index contributed by atoms with van der Waals surface area (Å²) in [5.74, 6) is -25.6. The number of hydrogen-bond acceptors (Lipinski definition) is 29. The minimum absolute atomic E-state index is 0.00522. The summed E-state index contributed by atoms with van der Waals surface area (Å²) in [4.78, 5) is 270. The summed E-state index contributed by atoms with van der Waals surface area (Å²) in [5, 5.41) is 100. The van der Waals surface area contributed by atoms with Crippen LogP contribution in [0.25, 0.3) is 0 Å². The van der Waals surface area contributed by atoms with E-state index < -0.39 is 304 Å². The summed E-state index contributed by atoms with van der Waals surface area (Å²) in [6, 6.07) is -18.2. The van der Waals surface area contributed by atoms with Gasteiger partial charge in [0.1, 0.15) is 96.7 Å². The van der Waals surface area contributed by atoms with E-state index >= 15 is 52.7 Å². The van der Waals surface area contributed by atoms with Gasteiger partial charge in [0, 0.05) is 67.1 Å². The summed E-state index contributed by atoms with van der Waals surface area (Å²) in [7, 11) is 5.00. The first kappa shape index (κ1) is 116. The van der Waals surface area contributed by atoms with Gasteiger partial charge in [-0.2, -0.15) is 0 Å². The lowest BCUT2D eigenvalue weighted by Gasteiger charge is -2.31. The van der Waals surface area contributed by atoms with Crippen LogP contribution in [-0.4, -0.2) is 312 Å². The van der Waals surface area contributed by atoms with Gasteiger partial charge in [0.05, 0.1) is 19.2 Å². The molecule has 4 heterocycles. The van der Waals surface area contributed by atoms with Crippen molar-refractivity contribution in [3.05, 3.63) is 35.9 Å². The van der Waals surface area contributed by atoms with Crippen molar-refractivity contribution < 1.29 is 91.4 Å². The fourth-order valence-electron chi connectivity index (χ4n) is 13.9. The Kier molecular flexibility index (Phi) is 51.4. The zero-order valence-corrected chi connectivity index (χ0v) is 82.9. The molecule has 55 heteroatoms. The molecule has 5 rings (SSSR count). The molecule has 0 unspecified atom stereocenters. The van der Waals surface area contributed by atoms with Crippen LogP contribution in [-0.2, 0) is 92.7 Å². The number of aliphatic hydroxyl groups is 1. The van der Waals surface area contributed by atoms with Crippen molar-refractivity contribution >= 4 is 195 Å². The molecule has 18 amide bonds. The second kappa shape index (κ2) is 60.5. The molecule has 18 atom stereocenters. The average Bonchev–Trinajstić information content (AvgIpc) is 0.842. The Morgan fingerprint density at radius 1 is 0.336 bits per heavy atom. The molecule has 4 saturated heterocycles. The number of carbonyl (C=O) groups is 18. The molecule has 0 aliphatic carbocycles. The second-order valence-corrected chi connectivity index (χ2v) is 41.9. The van der Waals surface area contributed by atoms with E-state index in [2.05, 4.69) is 117 Å². The molecule has 0 aromatic heterocycles. The molecule has 0 saturated carbocycles. The van der Waals surface area contributed by atoms with Crippen molar-refractivity contribution in [2.45, 2.75) is 242 Å². The molecule has 0 radical (unpaired) electrons. The van der Waals surface area contributed by atoms with E-state index in [1.165, 1.54) is 0 Å². The zero-order valence-electron chi connectivity index (χ0n) is 78.0. The third-order valence-electron chi connectivity index (χ3n) is 21.5. The Morgan fingerprint density at radius 2 is 0.606 bits per heavy atom. The fourth-order valence-corrected chi connectivity index (χ4v) is 20.9. The Hall–Kier alpha value is -11.2. The normalized spacial score (nSPS) is 26.5. The SMILES string of the molecule is CC[C@H](C)[C@@H]1NC(=O)[C@@H]2CSSC[C@H](NC(=O)[C@H](CCCNC(=N)N)NC(=O)[C@@H]3CSSC[C@H](NC1=O)C(=O)N[C@@H]([C@@H](C)O)C(=O)N[C@@H](CCCNC(=N)N)C(=O)NCC(=O)N[C@@H](Cc1ccccc1)C(=O)N3)C(=O)N[C@@H](CC(C)C)C(=O)N[C@H]1CSSC[C@H](NC(=O)[C@H](C(C)C)NC(=O)CNC(=O)[C@H](CCCNC(=N)N)NC(=O)[C@H](CCCNC(=N)N)NC1=O)C(=O)N[C@@H](CC(C)C)C(=O)N2. The third kappa shape index (κ3) is 42.8. The Labute approximate surface area is 818 Å². The maximum atomic E-state index is 15.7. The first-order valence-electron chi connectivity index (χ1n) is 45.0. The monoisotopic (exact) mass is 2040 g/mol. The lowest BCUT2D eigenvalue weighted by atomic mass is 9.97. The van der Waals surface area contributed by atoms with E-state index in [9.17, 15) is 38.7 Å². The van der Waals surface area contributed by atoms with Crippen LogP contribution in [0, 0.1) is 45.3 Å². The van der Waals surface area contributed by atoms with Gasteiger partial charge in [-0.25, -0.2) is 0 Å². The highest BCUT2D eigenvalue weighted by Crippen LogP contribution is 2.28. The largest absolute Gasteiger partial charge is 0.391 e. The number of guanidine groups is 4. The molecule has 4 aliphatic heterocycles. The van der Waals surface area contributed by atoms with Crippen LogP contribution in [0.1, 0.15) is 139 Å². The van der Waals surface area contributed by atoms with Crippen molar-refractivity contribution in [2.24, 2.45) is 46.6 Å². The molecule has 137 heavy (non-hydrogen) atoms. The Morgan fingerprint density at radius 3 is 0.934 bits per heavy atom. The zero-order chi connectivity index (χ0) is 102. The van der Waals surface area contributed by atoms with Gasteiger partial charge in [-0.3, -0.25) is 108 Å². The predicted molar refractivity (Wildman–Crippen MR) is 523 cm³/mol. The fraction of sp³-hybridized carbons (Fsp3) is 0.659. The number of hydrogen-bond donors (Lipinski definition) is 31. The minimum atomic E-state index is -1.92. The number of nitrogens with two attached hydrogens (primary N) is 4. The van der Waals surface area contributed by atoms with Gasteiger partial charge in [-0.1, -0.05) is 157 Å². The maximum absolute atomic E-state index is 15.7. The van der Waals surface area contributed by atoms with Crippen LogP contribution in [0.5, 0.6) is 0 Å². The van der Waals surface area contributed by atoms with Crippen LogP contribution in [0.2, 0.25) is 0 Å². The molecule has 1 aromatic carbocycles. The number of carbonyl (C=O) groups excluding carboxylic acids is 18. The molecule has 1 aromatic rings. The van der Waals surface area contributed by atoms with E-state index in [-0.39, 0.29) is 103 Å². The van der Waals surface area contributed by atoms with Gasteiger partial charge >= 0.3 is 0 Å². The maximum Gasteiger partial charge on any atom is 0.245 e. The predicted octanol–water partition coefficient (Wildman–Crippen LogP) is -7.35. The molecule has 4 aliphatic rings. The summed E-state index contributed by atoms with van der Waals surface area (Å²) in [6.07, 6.45) is -3.13. The topological polar surface area (TPSA) is 792 Å². The molecule has 764 valence electrons. The van der Waals surface area contributed by atoms with Crippen molar-refractivity contribution in [1.29, 1.82) is 21.6 Å². The van der Waals surface area contributed by atoms with Crippen molar-refractivity contribution in [1.82, 2.24) is 117 Å². The van der Waals surface area contributed by atoms with Crippen molar-refractivity contribution in [3.63, 3.8) is 0 Å². The first-order chi connectivity index (χ1) is 64.8. The molecule has 0 spiro atoms. The highest BCUT2D eigenvalue weighted by atomic mass is 33.1. The highest BCUT2D eigenvalue weighted by Gasteiger charge is 2.42. The minimum Gasteiger partial charge on any atom is -0.391 e. The third-order valence-corrected chi connectivity index (χ3v) is 28.8. The van der Waals surface area contributed by atoms with E-state index in [1.54, 1.807) is 85.7 Å². The summed E-state index contributed by atoms with van der Waals surface area (Å²) < 4.78 is 0. The molecule has 4 fully saturated rings. The van der Waals surface area contributed by atoms with E-state index in [1.807, 2.05) is 0 Å². The molecule has 35 N–H and O–H groups in total. The smallest absolute Gasteiger partial charge is 0.245 e. The number of rotatable bonds is 26. The number of fused-ring (bicyclic) bond motifs is 15. The summed E-state index contributed by atoms with van der Waals surface area (Å²) in [5.41, 5.74) is 22.9. The van der Waals surface area contributed by atoms with E-state index in [4.69, 9.17) is 44.6 Å². The van der Waals surface area contributed by atoms with Crippen molar-refractivity contribution in [3.8, 4) is 0 Å². The quantitative estimate of drug-likeness (QED) is 0.0177. The lowest BCUT2D eigenvalue weighted by Crippen LogP contribution is -2.63. The van der Waals surface area contributed by atoms with Crippen LogP contribution >= 0.6 is 64.8 Å². The van der Waals surface area contributed by atoms with Crippen LogP contribution < -0.4 is 140 Å². The summed E-state index contributed by atoms with van der Waals surface area (Å²) in [6.45, 7) is 12.6. The second-order valence-electron chi connectivity index (χ2n) is 34.3. The molecular formula is C82H136N30O19S6. The van der Waals surface area contributed by atoms with Gasteiger partial charge in [-0.15, -0.1) is 0 Å². The van der Waals surface area contributed by atoms with Crippen LogP contribution in [0.4, 0.5) is 0 Å². The van der Waals surface area contributed by atoms with E-state index in [0.717, 1.165) is 71.7 Å². The van der Waals surface area contributed by atoms with E-state index in [0.29, 0.717) is 5.56 Å². The van der Waals surface area contributed by atoms with Gasteiger partial charge in [0.25, 0.3) is 0 Å².